The molecule has 0 N–H and O–H groups in total. The van der Waals surface area contributed by atoms with Gasteiger partial charge in [-0.2, -0.15) is 13.2 Å². The van der Waals surface area contributed by atoms with Crippen molar-refractivity contribution in [2.75, 3.05) is 6.61 Å². The first kappa shape index (κ1) is 22.2. The van der Waals surface area contributed by atoms with Crippen LogP contribution >= 0.6 is 0 Å². The second kappa shape index (κ2) is 7.73. The molecule has 0 saturated carbocycles. The number of aromatic nitrogens is 3. The van der Waals surface area contributed by atoms with E-state index < -0.39 is 29.1 Å². The van der Waals surface area contributed by atoms with Crippen LogP contribution in [-0.4, -0.2) is 20.3 Å². The maximum atomic E-state index is 13.3. The van der Waals surface area contributed by atoms with E-state index in [4.69, 9.17) is 4.74 Å². The first-order valence-corrected chi connectivity index (χ1v) is 10.8. The van der Waals surface area contributed by atoms with Crippen molar-refractivity contribution < 1.29 is 17.9 Å². The third kappa shape index (κ3) is 3.30. The van der Waals surface area contributed by atoms with Crippen molar-refractivity contribution in [3.05, 3.63) is 91.8 Å². The lowest BCUT2D eigenvalue weighted by Crippen LogP contribution is -2.37. The molecule has 0 unspecified atom stereocenters. The van der Waals surface area contributed by atoms with Crippen LogP contribution in [0.1, 0.15) is 28.5 Å². The highest BCUT2D eigenvalue weighted by molar-refractivity contribution is 5.96. The molecule has 2 aromatic heterocycles. The van der Waals surface area contributed by atoms with Gasteiger partial charge < -0.3 is 9.30 Å². The molecular weight excluding hydrogens is 447 g/mol. The molecule has 0 fully saturated rings. The van der Waals surface area contributed by atoms with Gasteiger partial charge in [0.2, 0.25) is 0 Å². The summed E-state index contributed by atoms with van der Waals surface area (Å²) < 4.78 is 49.8. The third-order valence-electron chi connectivity index (χ3n) is 6.42. The Morgan fingerprint density at radius 2 is 1.59 bits per heavy atom. The Morgan fingerprint density at radius 1 is 0.941 bits per heavy atom. The van der Waals surface area contributed by atoms with E-state index >= 15 is 0 Å². The number of benzene rings is 2. The van der Waals surface area contributed by atoms with Crippen molar-refractivity contribution in [1.82, 2.24) is 13.7 Å². The molecule has 9 heteroatoms. The van der Waals surface area contributed by atoms with Crippen LogP contribution in [0.25, 0.3) is 22.2 Å². The molecule has 1 aliphatic heterocycles. The second-order valence-corrected chi connectivity index (χ2v) is 8.55. The molecule has 4 aromatic rings. The van der Waals surface area contributed by atoms with Crippen molar-refractivity contribution in [1.29, 1.82) is 0 Å². The second-order valence-electron chi connectivity index (χ2n) is 8.55. The molecule has 0 spiro atoms. The molecule has 0 aliphatic carbocycles. The minimum atomic E-state index is -4.45. The lowest BCUT2D eigenvalue weighted by molar-refractivity contribution is -0.137. The van der Waals surface area contributed by atoms with Crippen molar-refractivity contribution in [2.45, 2.75) is 25.7 Å². The molecule has 0 amide bonds. The van der Waals surface area contributed by atoms with Crippen LogP contribution < -0.4 is 11.2 Å². The molecule has 2 aromatic carbocycles. The normalized spacial score (nSPS) is 16.1. The number of halogens is 3. The fourth-order valence-electron chi connectivity index (χ4n) is 4.69. The zero-order valence-electron chi connectivity index (χ0n) is 18.8. The van der Waals surface area contributed by atoms with Crippen LogP contribution in [0.4, 0.5) is 13.2 Å². The zero-order valence-corrected chi connectivity index (χ0v) is 18.8. The van der Waals surface area contributed by atoms with Gasteiger partial charge in [0, 0.05) is 20.6 Å². The van der Waals surface area contributed by atoms with E-state index in [0.717, 1.165) is 27.8 Å². The standard InChI is InChI=1S/C25H22F3N3O3/c1-14-4-6-15(7-5-14)19-18-20(29(2)24(33)30(3)23(18)32)21-22(34-13-12-31(19)21)16-8-10-17(11-9-16)25(26,27)28/h4-11,22H,12-13H2,1-3H3/t22-/m1/s1. The van der Waals surface area contributed by atoms with E-state index in [9.17, 15) is 22.8 Å². The molecule has 0 bridgehead atoms. The third-order valence-corrected chi connectivity index (χ3v) is 6.42. The first-order valence-electron chi connectivity index (χ1n) is 10.8. The number of hydrogen-bond acceptors (Lipinski definition) is 3. The average Bonchev–Trinajstić information content (AvgIpc) is 3.17. The maximum Gasteiger partial charge on any atom is 0.416 e. The number of aryl methyl sites for hydroxylation is 2. The van der Waals surface area contributed by atoms with Crippen LogP contribution in [0.2, 0.25) is 0 Å². The monoisotopic (exact) mass is 469 g/mol. The van der Waals surface area contributed by atoms with Crippen LogP contribution in [0.3, 0.4) is 0 Å². The largest absolute Gasteiger partial charge is 0.416 e. The summed E-state index contributed by atoms with van der Waals surface area (Å²) in [5.74, 6) is 0. The van der Waals surface area contributed by atoms with Gasteiger partial charge in [0.15, 0.2) is 0 Å². The van der Waals surface area contributed by atoms with Gasteiger partial charge in [0.1, 0.15) is 6.10 Å². The SMILES string of the molecule is Cc1ccc(-c2c3c(=O)n(C)c(=O)n(C)c3c3n2CCO[C@@H]3c2ccc(C(F)(F)F)cc2)cc1. The van der Waals surface area contributed by atoms with Crippen LogP contribution in [0.15, 0.2) is 58.1 Å². The smallest absolute Gasteiger partial charge is 0.365 e. The topological polar surface area (TPSA) is 58.2 Å². The predicted molar refractivity (Wildman–Crippen MR) is 122 cm³/mol. The number of rotatable bonds is 2. The number of nitrogens with zero attached hydrogens (tertiary/aromatic N) is 3. The van der Waals surface area contributed by atoms with E-state index in [-0.39, 0.29) is 0 Å². The van der Waals surface area contributed by atoms with Crippen molar-refractivity contribution >= 4 is 10.9 Å². The van der Waals surface area contributed by atoms with Gasteiger partial charge in [-0.3, -0.25) is 13.9 Å². The Balaban J connectivity index is 1.84. The van der Waals surface area contributed by atoms with E-state index in [2.05, 4.69) is 0 Å². The maximum absolute atomic E-state index is 13.3. The minimum Gasteiger partial charge on any atom is -0.365 e. The van der Waals surface area contributed by atoms with Crippen molar-refractivity contribution in [2.24, 2.45) is 14.1 Å². The molecule has 176 valence electrons. The summed E-state index contributed by atoms with van der Waals surface area (Å²) >= 11 is 0. The van der Waals surface area contributed by atoms with Crippen LogP contribution in [-0.2, 0) is 31.6 Å². The van der Waals surface area contributed by atoms with Gasteiger partial charge in [-0.15, -0.1) is 0 Å². The van der Waals surface area contributed by atoms with E-state index in [0.29, 0.717) is 41.0 Å². The average molecular weight is 469 g/mol. The summed E-state index contributed by atoms with van der Waals surface area (Å²) in [7, 11) is 3.02. The highest BCUT2D eigenvalue weighted by atomic mass is 19.4. The zero-order chi connectivity index (χ0) is 24.4. The fraction of sp³-hybridized carbons (Fsp3) is 0.280. The summed E-state index contributed by atoms with van der Waals surface area (Å²) in [6, 6.07) is 12.5. The molecule has 3 heterocycles. The Bertz CT molecular complexity index is 1530. The molecular formula is C25H22F3N3O3. The fourth-order valence-corrected chi connectivity index (χ4v) is 4.69. The van der Waals surface area contributed by atoms with E-state index in [1.165, 1.54) is 23.7 Å². The van der Waals surface area contributed by atoms with Crippen LogP contribution in [0, 0.1) is 6.92 Å². The number of alkyl halides is 3. The Hall–Kier alpha value is -3.59. The summed E-state index contributed by atoms with van der Waals surface area (Å²) in [4.78, 5) is 26.2. The number of fused-ring (bicyclic) bond motifs is 3. The molecule has 1 atom stereocenters. The van der Waals surface area contributed by atoms with E-state index in [1.54, 1.807) is 7.05 Å². The minimum absolute atomic E-state index is 0.298. The molecule has 1 aliphatic rings. The van der Waals surface area contributed by atoms with E-state index in [1.807, 2.05) is 35.8 Å². The molecule has 34 heavy (non-hydrogen) atoms. The molecule has 0 radical (unpaired) electrons. The first-order chi connectivity index (χ1) is 16.1. The van der Waals surface area contributed by atoms with Gasteiger partial charge >= 0.3 is 11.9 Å². The Labute approximate surface area is 192 Å². The summed E-state index contributed by atoms with van der Waals surface area (Å²) in [5.41, 5.74) is 2.38. The van der Waals surface area contributed by atoms with Gasteiger partial charge in [0.05, 0.1) is 34.5 Å². The van der Waals surface area contributed by atoms with Crippen LogP contribution in [0.5, 0.6) is 0 Å². The highest BCUT2D eigenvalue weighted by Gasteiger charge is 2.34. The Kier molecular flexibility index (Phi) is 5.05. The van der Waals surface area contributed by atoms with Gasteiger partial charge in [-0.25, -0.2) is 4.79 Å². The molecule has 5 rings (SSSR count). The predicted octanol–water partition coefficient (Wildman–Crippen LogP) is 4.15. The van der Waals surface area contributed by atoms with Crippen molar-refractivity contribution in [3.63, 3.8) is 0 Å². The van der Waals surface area contributed by atoms with Gasteiger partial charge in [0.25, 0.3) is 5.56 Å². The lowest BCUT2D eigenvalue weighted by Gasteiger charge is -2.28. The highest BCUT2D eigenvalue weighted by Crippen LogP contribution is 2.41. The van der Waals surface area contributed by atoms with Gasteiger partial charge in [-0.1, -0.05) is 42.0 Å². The Morgan fingerprint density at radius 3 is 2.21 bits per heavy atom. The summed E-state index contributed by atoms with van der Waals surface area (Å²) in [6.07, 6.45) is -5.19. The summed E-state index contributed by atoms with van der Waals surface area (Å²) in [5, 5.41) is 0.380. The quantitative estimate of drug-likeness (QED) is 0.443. The van der Waals surface area contributed by atoms with Crippen molar-refractivity contribution in [3.8, 4) is 11.3 Å². The summed E-state index contributed by atoms with van der Waals surface area (Å²) in [6.45, 7) is 2.70. The number of hydrogen-bond donors (Lipinski definition) is 0. The molecule has 6 nitrogen and oxygen atoms in total. The molecule has 0 saturated heterocycles. The lowest BCUT2D eigenvalue weighted by atomic mass is 10.0. The van der Waals surface area contributed by atoms with Gasteiger partial charge in [-0.05, 0) is 30.2 Å². The number of ether oxygens (including phenoxy) is 1.